The van der Waals surface area contributed by atoms with E-state index in [-0.39, 0.29) is 11.8 Å². The predicted octanol–water partition coefficient (Wildman–Crippen LogP) is 3.12. The van der Waals surface area contributed by atoms with Gasteiger partial charge in [0.25, 0.3) is 0 Å². The molecule has 0 N–H and O–H groups in total. The fourth-order valence-corrected chi connectivity index (χ4v) is 2.92. The number of carbonyl (C=O) groups excluding carboxylic acids is 1. The fraction of sp³-hybridized carbons (Fsp3) is 0.562. The molecule has 1 fully saturated rings. The van der Waals surface area contributed by atoms with Gasteiger partial charge in [0.1, 0.15) is 5.78 Å². The Bertz CT molecular complexity index is 396. The zero-order chi connectivity index (χ0) is 13.3. The van der Waals surface area contributed by atoms with Gasteiger partial charge < -0.3 is 0 Å². The molecule has 1 aliphatic rings. The molecule has 4 unspecified atom stereocenters. The summed E-state index contributed by atoms with van der Waals surface area (Å²) in [5, 5.41) is 0. The minimum atomic E-state index is 0.139. The molecule has 0 aliphatic carbocycles. The van der Waals surface area contributed by atoms with Crippen LogP contribution in [0, 0.1) is 11.8 Å². The minimum Gasteiger partial charge on any atom is -0.299 e. The van der Waals surface area contributed by atoms with Crippen LogP contribution in [0.15, 0.2) is 30.3 Å². The normalized spacial score (nSPS) is 33.7. The highest BCUT2D eigenvalue weighted by molar-refractivity contribution is 5.84. The molecule has 0 aromatic heterocycles. The van der Waals surface area contributed by atoms with Gasteiger partial charge in [0, 0.05) is 30.5 Å². The van der Waals surface area contributed by atoms with Crippen molar-refractivity contribution >= 4 is 5.78 Å². The van der Waals surface area contributed by atoms with Gasteiger partial charge in [0.15, 0.2) is 0 Å². The van der Waals surface area contributed by atoms with E-state index >= 15 is 0 Å². The Balaban J connectivity index is 2.18. The third-order valence-corrected chi connectivity index (χ3v) is 4.60. The second-order valence-corrected chi connectivity index (χ2v) is 5.62. The van der Waals surface area contributed by atoms with E-state index in [4.69, 9.17) is 0 Å². The van der Waals surface area contributed by atoms with Gasteiger partial charge in [-0.2, -0.15) is 0 Å². The molecule has 98 valence electrons. The molecule has 0 bridgehead atoms. The van der Waals surface area contributed by atoms with Crippen molar-refractivity contribution < 1.29 is 4.79 Å². The van der Waals surface area contributed by atoms with Crippen molar-refractivity contribution in [2.24, 2.45) is 11.8 Å². The molecule has 1 heterocycles. The van der Waals surface area contributed by atoms with Crippen LogP contribution in [0.5, 0.6) is 0 Å². The first kappa shape index (κ1) is 13.3. The van der Waals surface area contributed by atoms with Crippen molar-refractivity contribution in [1.82, 2.24) is 4.90 Å². The van der Waals surface area contributed by atoms with Crippen LogP contribution in [0.1, 0.15) is 33.3 Å². The monoisotopic (exact) mass is 245 g/mol. The maximum atomic E-state index is 12.1. The van der Waals surface area contributed by atoms with E-state index in [1.54, 1.807) is 0 Å². The first-order valence-electron chi connectivity index (χ1n) is 6.85. The number of likely N-dealkylation sites (tertiary alicyclic amines) is 1. The zero-order valence-electron chi connectivity index (χ0n) is 11.8. The van der Waals surface area contributed by atoms with Crippen LogP contribution in [-0.2, 0) is 11.3 Å². The standard InChI is InChI=1S/C16H23NO/c1-11-13(3)17(14(4)12(2)16(11)18)10-15-8-6-5-7-9-15/h5-9,11-14H,10H2,1-4H3. The molecule has 0 amide bonds. The van der Waals surface area contributed by atoms with Gasteiger partial charge in [0.05, 0.1) is 0 Å². The molecule has 1 aliphatic heterocycles. The molecule has 1 saturated heterocycles. The first-order chi connectivity index (χ1) is 8.52. The van der Waals surface area contributed by atoms with Gasteiger partial charge in [-0.1, -0.05) is 44.2 Å². The highest BCUT2D eigenvalue weighted by Gasteiger charge is 2.40. The van der Waals surface area contributed by atoms with Crippen LogP contribution in [0.4, 0.5) is 0 Å². The average Bonchev–Trinajstić information content (AvgIpc) is 2.40. The third-order valence-electron chi connectivity index (χ3n) is 4.60. The number of nitrogens with zero attached hydrogens (tertiary/aromatic N) is 1. The number of Topliss-reactive ketones (excluding diaryl/α,β-unsaturated/α-hetero) is 1. The molecule has 2 nitrogen and oxygen atoms in total. The van der Waals surface area contributed by atoms with Gasteiger partial charge in [0.2, 0.25) is 0 Å². The highest BCUT2D eigenvalue weighted by Crippen LogP contribution is 2.30. The summed E-state index contributed by atoms with van der Waals surface area (Å²) in [5.74, 6) is 0.694. The van der Waals surface area contributed by atoms with E-state index in [1.165, 1.54) is 5.56 Å². The quantitative estimate of drug-likeness (QED) is 0.798. The van der Waals surface area contributed by atoms with E-state index in [1.807, 2.05) is 6.07 Å². The van der Waals surface area contributed by atoms with Crippen LogP contribution < -0.4 is 0 Å². The number of benzene rings is 1. The summed E-state index contributed by atoms with van der Waals surface area (Å²) in [5.41, 5.74) is 1.32. The number of hydrogen-bond donors (Lipinski definition) is 0. The summed E-state index contributed by atoms with van der Waals surface area (Å²) in [6.45, 7) is 9.41. The SMILES string of the molecule is CC1C(=O)C(C)C(C)N(Cc2ccccc2)C1C. The van der Waals surface area contributed by atoms with Crippen LogP contribution in [0.2, 0.25) is 0 Å². The smallest absolute Gasteiger partial charge is 0.141 e. The Morgan fingerprint density at radius 3 is 1.94 bits per heavy atom. The lowest BCUT2D eigenvalue weighted by Gasteiger charge is -2.45. The maximum Gasteiger partial charge on any atom is 0.141 e. The van der Waals surface area contributed by atoms with Gasteiger partial charge >= 0.3 is 0 Å². The zero-order valence-corrected chi connectivity index (χ0v) is 11.8. The van der Waals surface area contributed by atoms with E-state index < -0.39 is 0 Å². The van der Waals surface area contributed by atoms with Crippen LogP contribution in [0.25, 0.3) is 0 Å². The summed E-state index contributed by atoms with van der Waals surface area (Å²) >= 11 is 0. The molecule has 1 aromatic carbocycles. The lowest BCUT2D eigenvalue weighted by Crippen LogP contribution is -2.55. The third kappa shape index (κ3) is 2.35. The Hall–Kier alpha value is -1.15. The molecule has 0 radical (unpaired) electrons. The summed E-state index contributed by atoms with van der Waals surface area (Å²) < 4.78 is 0. The van der Waals surface area contributed by atoms with Gasteiger partial charge in [-0.15, -0.1) is 0 Å². The lowest BCUT2D eigenvalue weighted by molar-refractivity contribution is -0.136. The topological polar surface area (TPSA) is 20.3 Å². The number of ketones is 1. The Morgan fingerprint density at radius 2 is 1.44 bits per heavy atom. The Morgan fingerprint density at radius 1 is 0.944 bits per heavy atom. The van der Waals surface area contributed by atoms with E-state index in [0.29, 0.717) is 17.9 Å². The minimum absolute atomic E-state index is 0.139. The van der Waals surface area contributed by atoms with Gasteiger partial charge in [-0.3, -0.25) is 9.69 Å². The molecule has 18 heavy (non-hydrogen) atoms. The number of rotatable bonds is 2. The van der Waals surface area contributed by atoms with Crippen molar-refractivity contribution in [2.75, 3.05) is 0 Å². The summed E-state index contributed by atoms with van der Waals surface area (Å²) in [7, 11) is 0. The number of hydrogen-bond acceptors (Lipinski definition) is 2. The molecule has 1 aromatic rings. The summed E-state index contributed by atoms with van der Waals surface area (Å²) in [6.07, 6.45) is 0. The maximum absolute atomic E-state index is 12.1. The van der Waals surface area contributed by atoms with E-state index in [2.05, 4.69) is 56.9 Å². The summed E-state index contributed by atoms with van der Waals surface area (Å²) in [6, 6.07) is 11.2. The molecule has 4 atom stereocenters. The average molecular weight is 245 g/mol. The van der Waals surface area contributed by atoms with Gasteiger partial charge in [-0.05, 0) is 19.4 Å². The second-order valence-electron chi connectivity index (χ2n) is 5.62. The van der Waals surface area contributed by atoms with Crippen LogP contribution >= 0.6 is 0 Å². The predicted molar refractivity (Wildman–Crippen MR) is 74.2 cm³/mol. The van der Waals surface area contributed by atoms with Crippen molar-refractivity contribution in [2.45, 2.75) is 46.3 Å². The van der Waals surface area contributed by atoms with Crippen molar-refractivity contribution in [3.8, 4) is 0 Å². The lowest BCUT2D eigenvalue weighted by atomic mass is 9.80. The number of piperidine rings is 1. The van der Waals surface area contributed by atoms with Crippen molar-refractivity contribution in [3.63, 3.8) is 0 Å². The van der Waals surface area contributed by atoms with E-state index in [9.17, 15) is 4.79 Å². The Kier molecular flexibility index (Phi) is 3.86. The molecule has 0 spiro atoms. The molecule has 2 rings (SSSR count). The molecular weight excluding hydrogens is 222 g/mol. The van der Waals surface area contributed by atoms with Crippen molar-refractivity contribution in [3.05, 3.63) is 35.9 Å². The van der Waals surface area contributed by atoms with E-state index in [0.717, 1.165) is 6.54 Å². The fourth-order valence-electron chi connectivity index (χ4n) is 2.92. The number of carbonyl (C=O) groups is 1. The molecule has 2 heteroatoms. The Labute approximate surface area is 110 Å². The van der Waals surface area contributed by atoms with Gasteiger partial charge in [-0.25, -0.2) is 0 Å². The molecule has 0 saturated carbocycles. The van der Waals surface area contributed by atoms with Crippen LogP contribution in [-0.4, -0.2) is 22.8 Å². The highest BCUT2D eigenvalue weighted by atomic mass is 16.1. The first-order valence-corrected chi connectivity index (χ1v) is 6.85. The van der Waals surface area contributed by atoms with Crippen LogP contribution in [0.3, 0.4) is 0 Å². The molecular formula is C16H23NO. The largest absolute Gasteiger partial charge is 0.299 e. The second kappa shape index (κ2) is 5.23. The van der Waals surface area contributed by atoms with Crippen molar-refractivity contribution in [1.29, 1.82) is 0 Å². The summed E-state index contributed by atoms with van der Waals surface area (Å²) in [4.78, 5) is 14.6.